The van der Waals surface area contributed by atoms with E-state index in [0.717, 1.165) is 24.8 Å². The topological polar surface area (TPSA) is 38.7 Å². The summed E-state index contributed by atoms with van der Waals surface area (Å²) in [6.07, 6.45) is 3.50. The lowest BCUT2D eigenvalue weighted by atomic mass is 9.91. The lowest BCUT2D eigenvalue weighted by Crippen LogP contribution is -2.51. The Balaban J connectivity index is 1.78. The summed E-state index contributed by atoms with van der Waals surface area (Å²) in [4.78, 5) is 0. The number of ether oxygens (including phenoxy) is 2. The molecule has 3 nitrogen and oxygen atoms in total. The van der Waals surface area contributed by atoms with Crippen LogP contribution in [-0.4, -0.2) is 22.1 Å². The fourth-order valence-corrected chi connectivity index (χ4v) is 3.71. The Labute approximate surface area is 120 Å². The molecule has 2 saturated heterocycles. The van der Waals surface area contributed by atoms with Gasteiger partial charge in [-0.15, -0.1) is 0 Å². The molecule has 3 heteroatoms. The molecule has 110 valence electrons. The normalized spacial score (nSPS) is 40.0. The summed E-state index contributed by atoms with van der Waals surface area (Å²) in [6.45, 7) is 6.56. The van der Waals surface area contributed by atoms with Gasteiger partial charge in [0, 0.05) is 6.42 Å². The van der Waals surface area contributed by atoms with Crippen molar-refractivity contribution in [1.29, 1.82) is 0 Å². The minimum atomic E-state index is -1.18. The van der Waals surface area contributed by atoms with Crippen molar-refractivity contribution < 1.29 is 14.6 Å². The minimum absolute atomic E-state index is 0.243. The Morgan fingerprint density at radius 2 is 2.00 bits per heavy atom. The molecule has 1 N–H and O–H groups in total. The van der Waals surface area contributed by atoms with Gasteiger partial charge in [0.15, 0.2) is 5.79 Å². The van der Waals surface area contributed by atoms with Crippen LogP contribution in [0.15, 0.2) is 24.3 Å². The van der Waals surface area contributed by atoms with Crippen molar-refractivity contribution >= 4 is 0 Å². The second-order valence-electron chi connectivity index (χ2n) is 6.81. The molecule has 0 aromatic heterocycles. The molecule has 2 fully saturated rings. The van der Waals surface area contributed by atoms with Crippen molar-refractivity contribution in [3.63, 3.8) is 0 Å². The highest BCUT2D eigenvalue weighted by molar-refractivity contribution is 5.25. The Hall–Kier alpha value is -0.900. The average molecular weight is 276 g/mol. The average Bonchev–Trinajstić information content (AvgIpc) is 2.50. The van der Waals surface area contributed by atoms with E-state index in [9.17, 15) is 5.11 Å². The van der Waals surface area contributed by atoms with Crippen LogP contribution in [0.25, 0.3) is 0 Å². The van der Waals surface area contributed by atoms with Gasteiger partial charge in [-0.2, -0.15) is 0 Å². The maximum absolute atomic E-state index is 11.0. The lowest BCUT2D eigenvalue weighted by molar-refractivity contribution is -0.280. The summed E-state index contributed by atoms with van der Waals surface area (Å²) in [7, 11) is 0. The first-order chi connectivity index (χ1) is 9.36. The van der Waals surface area contributed by atoms with Crippen LogP contribution in [0.5, 0.6) is 0 Å². The van der Waals surface area contributed by atoms with Gasteiger partial charge in [0.25, 0.3) is 0 Å². The highest BCUT2D eigenvalue weighted by Gasteiger charge is 2.63. The standard InChI is InChI=1S/C17H24O3/c1-13-7-4-5-8-14(13)11-19-17(18)12-15(2)9-6-10-16(17,3)20-15/h4-5,7-8,18H,6,9-12H2,1-3H3/t15-,16+,17-/m0/s1. The molecule has 2 aliphatic heterocycles. The number of rotatable bonds is 3. The smallest absolute Gasteiger partial charge is 0.197 e. The summed E-state index contributed by atoms with van der Waals surface area (Å²) in [5.41, 5.74) is 1.49. The molecular weight excluding hydrogens is 252 g/mol. The molecule has 2 heterocycles. The molecule has 0 amide bonds. The van der Waals surface area contributed by atoms with Crippen molar-refractivity contribution in [2.45, 2.75) is 70.1 Å². The predicted molar refractivity (Wildman–Crippen MR) is 77.3 cm³/mol. The third-order valence-electron chi connectivity index (χ3n) is 5.00. The van der Waals surface area contributed by atoms with Crippen molar-refractivity contribution in [3.05, 3.63) is 35.4 Å². The molecule has 0 radical (unpaired) electrons. The summed E-state index contributed by atoms with van der Waals surface area (Å²) in [6, 6.07) is 8.13. The maximum atomic E-state index is 11.0. The summed E-state index contributed by atoms with van der Waals surface area (Å²) in [5, 5.41) is 11.0. The molecule has 1 aromatic carbocycles. The quantitative estimate of drug-likeness (QED) is 0.861. The number of aliphatic hydroxyl groups is 1. The van der Waals surface area contributed by atoms with Gasteiger partial charge in [-0.05, 0) is 51.2 Å². The number of hydrogen-bond donors (Lipinski definition) is 1. The number of hydrogen-bond acceptors (Lipinski definition) is 3. The Morgan fingerprint density at radius 1 is 1.25 bits per heavy atom. The van der Waals surface area contributed by atoms with E-state index in [2.05, 4.69) is 19.9 Å². The second kappa shape index (κ2) is 4.55. The molecule has 3 atom stereocenters. The van der Waals surface area contributed by atoms with Crippen molar-refractivity contribution in [2.24, 2.45) is 0 Å². The van der Waals surface area contributed by atoms with Gasteiger partial charge in [-0.1, -0.05) is 24.3 Å². The van der Waals surface area contributed by atoms with Gasteiger partial charge >= 0.3 is 0 Å². The zero-order valence-corrected chi connectivity index (χ0v) is 12.6. The van der Waals surface area contributed by atoms with Gasteiger partial charge in [0.2, 0.25) is 0 Å². The number of fused-ring (bicyclic) bond motifs is 2. The van der Waals surface area contributed by atoms with Crippen LogP contribution in [-0.2, 0) is 16.1 Å². The van der Waals surface area contributed by atoms with Gasteiger partial charge in [0.05, 0.1) is 12.2 Å². The molecule has 0 aliphatic carbocycles. The van der Waals surface area contributed by atoms with Crippen LogP contribution in [0.2, 0.25) is 0 Å². The Bertz CT molecular complexity index is 515. The zero-order chi connectivity index (χ0) is 14.4. The largest absolute Gasteiger partial charge is 0.363 e. The molecule has 0 spiro atoms. The van der Waals surface area contributed by atoms with Crippen LogP contribution in [0.1, 0.15) is 50.7 Å². The fraction of sp³-hybridized carbons (Fsp3) is 0.647. The van der Waals surface area contributed by atoms with Crippen LogP contribution in [0, 0.1) is 6.92 Å². The predicted octanol–water partition coefficient (Wildman–Crippen LogP) is 3.32. The number of benzene rings is 1. The van der Waals surface area contributed by atoms with E-state index in [1.165, 1.54) is 5.56 Å². The molecule has 2 bridgehead atoms. The highest BCUT2D eigenvalue weighted by Crippen LogP contribution is 2.54. The molecule has 2 aliphatic rings. The zero-order valence-electron chi connectivity index (χ0n) is 12.6. The van der Waals surface area contributed by atoms with E-state index in [1.54, 1.807) is 0 Å². The van der Waals surface area contributed by atoms with Gasteiger partial charge in [-0.25, -0.2) is 0 Å². The van der Waals surface area contributed by atoms with Crippen molar-refractivity contribution in [3.8, 4) is 0 Å². The van der Waals surface area contributed by atoms with Gasteiger partial charge < -0.3 is 14.6 Å². The molecule has 0 saturated carbocycles. The van der Waals surface area contributed by atoms with Gasteiger partial charge in [0.1, 0.15) is 5.60 Å². The first-order valence-electron chi connectivity index (χ1n) is 7.47. The Morgan fingerprint density at radius 3 is 2.70 bits per heavy atom. The fourth-order valence-electron chi connectivity index (χ4n) is 3.71. The molecule has 20 heavy (non-hydrogen) atoms. The summed E-state index contributed by atoms with van der Waals surface area (Å²) >= 11 is 0. The molecule has 3 rings (SSSR count). The van der Waals surface area contributed by atoms with Crippen LogP contribution in [0.3, 0.4) is 0 Å². The highest BCUT2D eigenvalue weighted by atomic mass is 16.7. The van der Waals surface area contributed by atoms with Gasteiger partial charge in [-0.3, -0.25) is 0 Å². The second-order valence-corrected chi connectivity index (χ2v) is 6.81. The van der Waals surface area contributed by atoms with E-state index >= 15 is 0 Å². The van der Waals surface area contributed by atoms with Crippen molar-refractivity contribution in [1.82, 2.24) is 0 Å². The van der Waals surface area contributed by atoms with E-state index in [4.69, 9.17) is 9.47 Å². The van der Waals surface area contributed by atoms with E-state index in [-0.39, 0.29) is 5.60 Å². The lowest BCUT2D eigenvalue weighted by Gasteiger charge is -2.40. The van der Waals surface area contributed by atoms with Crippen molar-refractivity contribution in [2.75, 3.05) is 0 Å². The third kappa shape index (κ3) is 2.18. The summed E-state index contributed by atoms with van der Waals surface area (Å²) < 4.78 is 12.1. The first-order valence-corrected chi connectivity index (χ1v) is 7.47. The van der Waals surface area contributed by atoms with Crippen LogP contribution in [0.4, 0.5) is 0 Å². The van der Waals surface area contributed by atoms with E-state index in [1.807, 2.05) is 25.1 Å². The molecular formula is C17H24O3. The van der Waals surface area contributed by atoms with Crippen LogP contribution < -0.4 is 0 Å². The molecule has 0 unspecified atom stereocenters. The monoisotopic (exact) mass is 276 g/mol. The molecule has 1 aromatic rings. The minimum Gasteiger partial charge on any atom is -0.363 e. The third-order valence-corrected chi connectivity index (χ3v) is 5.00. The SMILES string of the molecule is Cc1ccccc1CO[C@@]1(O)C[C@]2(C)CCC[C@@]1(C)O2. The Kier molecular flexibility index (Phi) is 3.20. The van der Waals surface area contributed by atoms with E-state index < -0.39 is 11.4 Å². The van der Waals surface area contributed by atoms with E-state index in [0.29, 0.717) is 13.0 Å². The maximum Gasteiger partial charge on any atom is 0.197 e. The summed E-state index contributed by atoms with van der Waals surface area (Å²) in [5.74, 6) is -1.18. The van der Waals surface area contributed by atoms with Crippen LogP contribution >= 0.6 is 0 Å². The number of aryl methyl sites for hydroxylation is 1. The first kappa shape index (κ1) is 14.1.